The van der Waals surface area contributed by atoms with Gasteiger partial charge in [0.1, 0.15) is 29.3 Å². The maximum absolute atomic E-state index is 13.9. The van der Waals surface area contributed by atoms with Gasteiger partial charge in [-0.05, 0) is 105 Å². The zero-order chi connectivity index (χ0) is 38.0. The van der Waals surface area contributed by atoms with Gasteiger partial charge >= 0.3 is 0 Å². The molecule has 52 heavy (non-hydrogen) atoms. The van der Waals surface area contributed by atoms with E-state index in [4.69, 9.17) is 11.5 Å². The number of pyridine rings is 1. The third kappa shape index (κ3) is 10.8. The first-order chi connectivity index (χ1) is 24.8. The number of nitrogens with one attached hydrogen (secondary N) is 1. The van der Waals surface area contributed by atoms with E-state index in [1.807, 2.05) is 13.8 Å². The maximum Gasteiger partial charge on any atom is 0.282 e. The maximum atomic E-state index is 13.9. The third-order valence-electron chi connectivity index (χ3n) is 9.35. The van der Waals surface area contributed by atoms with E-state index in [-0.39, 0.29) is 35.8 Å². The summed E-state index contributed by atoms with van der Waals surface area (Å²) in [5.41, 5.74) is 13.4. The largest absolute Gasteiger partial charge is 0.368 e. The van der Waals surface area contributed by atoms with Gasteiger partial charge in [0.15, 0.2) is 0 Å². The minimum Gasteiger partial charge on any atom is -0.368 e. The Kier molecular flexibility index (Phi) is 14.7. The van der Waals surface area contributed by atoms with Gasteiger partial charge in [0.05, 0.1) is 6.20 Å². The van der Waals surface area contributed by atoms with Crippen LogP contribution < -0.4 is 16.8 Å². The van der Waals surface area contributed by atoms with Crippen LogP contribution in [-0.4, -0.2) is 72.1 Å². The normalized spacial score (nSPS) is 16.5. The lowest BCUT2D eigenvalue weighted by Crippen LogP contribution is -2.50. The number of nitrogens with two attached hydrogens (primary N) is 2. The summed E-state index contributed by atoms with van der Waals surface area (Å²) in [4.78, 5) is 28.0. The van der Waals surface area contributed by atoms with Gasteiger partial charge in [-0.1, -0.05) is 19.1 Å². The van der Waals surface area contributed by atoms with Crippen LogP contribution in [0.15, 0.2) is 54.9 Å². The molecule has 0 bridgehead atoms. The van der Waals surface area contributed by atoms with Gasteiger partial charge < -0.3 is 16.8 Å². The molecule has 1 saturated heterocycles. The number of benzene rings is 2. The molecule has 0 spiro atoms. The average molecular weight is 749 g/mol. The second-order valence-electron chi connectivity index (χ2n) is 13.3. The van der Waals surface area contributed by atoms with Gasteiger partial charge in [-0.15, -0.1) is 0 Å². The van der Waals surface area contributed by atoms with Crippen molar-refractivity contribution in [3.63, 3.8) is 0 Å². The first kappa shape index (κ1) is 40.8. The highest BCUT2D eigenvalue weighted by Crippen LogP contribution is 2.33. The highest BCUT2D eigenvalue weighted by Gasteiger charge is 2.37. The molecule has 1 saturated carbocycles. The molecule has 1 aromatic heterocycles. The Bertz CT molecular complexity index is 1730. The summed E-state index contributed by atoms with van der Waals surface area (Å²) < 4.78 is 83.8. The van der Waals surface area contributed by atoms with Crippen LogP contribution in [0.4, 0.5) is 17.6 Å². The summed E-state index contributed by atoms with van der Waals surface area (Å²) >= 11 is 0. The average Bonchev–Trinajstić information content (AvgIpc) is 3.80. The number of nitrogens with zero attached hydrogens (tertiary/aromatic N) is 3. The molecule has 5 rings (SSSR count). The summed E-state index contributed by atoms with van der Waals surface area (Å²) in [5, 5.41) is 2.58. The first-order valence-corrected chi connectivity index (χ1v) is 19.0. The van der Waals surface area contributed by atoms with Crippen molar-refractivity contribution < 1.29 is 35.6 Å². The van der Waals surface area contributed by atoms with E-state index in [1.165, 1.54) is 30.5 Å². The lowest BCUT2D eigenvalue weighted by atomic mass is 9.84. The number of aryl methyl sites for hydroxylation is 1. The molecule has 3 atom stereocenters. The summed E-state index contributed by atoms with van der Waals surface area (Å²) in [6, 6.07) is 6.46. The number of hydrogen-bond donors (Lipinski definition) is 3. The van der Waals surface area contributed by atoms with E-state index < -0.39 is 45.5 Å². The van der Waals surface area contributed by atoms with Crippen LogP contribution in [0.1, 0.15) is 80.0 Å². The van der Waals surface area contributed by atoms with Gasteiger partial charge in [-0.2, -0.15) is 17.0 Å². The van der Waals surface area contributed by atoms with E-state index in [1.54, 1.807) is 14.8 Å². The van der Waals surface area contributed by atoms with Gasteiger partial charge in [-0.25, -0.2) is 17.6 Å². The van der Waals surface area contributed by atoms with E-state index in [0.717, 1.165) is 37.0 Å². The van der Waals surface area contributed by atoms with Crippen molar-refractivity contribution in [1.29, 1.82) is 0 Å². The Labute approximate surface area is 303 Å². The van der Waals surface area contributed by atoms with Crippen molar-refractivity contribution in [3.05, 3.63) is 100 Å². The number of carbonyl (C=O) groups excluding carboxylic acids is 2. The summed E-state index contributed by atoms with van der Waals surface area (Å²) in [6.07, 6.45) is 8.72. The lowest BCUT2D eigenvalue weighted by Gasteiger charge is -2.33. The van der Waals surface area contributed by atoms with Crippen LogP contribution in [-0.2, 0) is 26.2 Å². The number of rotatable bonds is 16. The SMILES string of the molecule is CCCN([C@H](CN)CCCc1c(C)cncc1F)S(=O)(=O)N1CCCC1.NC(=O)[C@@H](NC(=O)C1CC1)[C@@H](c1ccc(F)cc1)c1cc(F)cc(F)c1. The highest BCUT2D eigenvalue weighted by atomic mass is 32.2. The number of halogens is 4. The fourth-order valence-electron chi connectivity index (χ4n) is 6.48. The molecule has 2 aliphatic rings. The van der Waals surface area contributed by atoms with Crippen molar-refractivity contribution in [2.75, 3.05) is 26.2 Å². The Hall–Kier alpha value is -3.92. The minimum absolute atomic E-state index is 0.119. The third-order valence-corrected chi connectivity index (χ3v) is 11.4. The van der Waals surface area contributed by atoms with Crippen LogP contribution >= 0.6 is 0 Å². The zero-order valence-corrected chi connectivity index (χ0v) is 30.4. The molecule has 2 heterocycles. The topological polar surface area (TPSA) is 152 Å². The molecular weight excluding hydrogens is 701 g/mol. The fourth-order valence-corrected chi connectivity index (χ4v) is 8.48. The van der Waals surface area contributed by atoms with E-state index in [2.05, 4.69) is 10.3 Å². The smallest absolute Gasteiger partial charge is 0.282 e. The zero-order valence-electron chi connectivity index (χ0n) is 29.5. The highest BCUT2D eigenvalue weighted by molar-refractivity contribution is 7.86. The van der Waals surface area contributed by atoms with Crippen molar-refractivity contribution in [2.45, 2.75) is 83.2 Å². The molecule has 5 N–H and O–H groups in total. The Morgan fingerprint density at radius 1 is 0.981 bits per heavy atom. The van der Waals surface area contributed by atoms with Crippen molar-refractivity contribution in [3.8, 4) is 0 Å². The quantitative estimate of drug-likeness (QED) is 0.178. The molecule has 284 valence electrons. The molecule has 2 amide bonds. The van der Waals surface area contributed by atoms with Gasteiger partial charge in [0.2, 0.25) is 11.8 Å². The van der Waals surface area contributed by atoms with E-state index in [0.29, 0.717) is 68.9 Å². The monoisotopic (exact) mass is 748 g/mol. The summed E-state index contributed by atoms with van der Waals surface area (Å²) in [6.45, 7) is 5.71. The van der Waals surface area contributed by atoms with Crippen LogP contribution in [0.5, 0.6) is 0 Å². The molecular formula is C37H48F4N6O4S. The van der Waals surface area contributed by atoms with Gasteiger partial charge in [0, 0.05) is 56.3 Å². The standard InChI is InChI=1S/C19H17F3N2O2.C18H31FN4O2S/c20-13-5-3-10(4-6-13)16(12-7-14(21)9-15(22)8-12)17(18(23)25)24-19(26)11-1-2-11;1-3-9-23(26(24,25)22-10-4-5-11-22)16(12-20)7-6-8-17-15(2)13-21-14-18(17)19/h3-9,11,16-17H,1-2H2,(H2,23,25)(H,24,26);13-14,16H,3-12,20H2,1-2H3/t16-,17-;16-/m00/s1. The van der Waals surface area contributed by atoms with E-state index >= 15 is 0 Å². The fraction of sp³-hybridized carbons (Fsp3) is 0.486. The molecule has 10 nitrogen and oxygen atoms in total. The Morgan fingerprint density at radius 2 is 1.62 bits per heavy atom. The molecule has 15 heteroatoms. The molecule has 1 aliphatic heterocycles. The van der Waals surface area contributed by atoms with Crippen LogP contribution in [0, 0.1) is 36.1 Å². The Morgan fingerprint density at radius 3 is 2.15 bits per heavy atom. The van der Waals surface area contributed by atoms with Crippen molar-refractivity contribution in [1.82, 2.24) is 18.9 Å². The molecule has 1 aliphatic carbocycles. The van der Waals surface area contributed by atoms with Crippen LogP contribution in [0.2, 0.25) is 0 Å². The lowest BCUT2D eigenvalue weighted by molar-refractivity contribution is -0.128. The number of carbonyl (C=O) groups is 2. The first-order valence-electron chi connectivity index (χ1n) is 17.6. The number of primary amides is 1. The van der Waals surface area contributed by atoms with Gasteiger partial charge in [0.25, 0.3) is 10.2 Å². The van der Waals surface area contributed by atoms with Crippen LogP contribution in [0.3, 0.4) is 0 Å². The summed E-state index contributed by atoms with van der Waals surface area (Å²) in [7, 11) is -3.48. The van der Waals surface area contributed by atoms with Crippen molar-refractivity contribution in [2.24, 2.45) is 17.4 Å². The van der Waals surface area contributed by atoms with Gasteiger partial charge in [-0.3, -0.25) is 14.6 Å². The minimum atomic E-state index is -3.48. The predicted molar refractivity (Wildman–Crippen MR) is 190 cm³/mol. The molecule has 3 aromatic rings. The Balaban J connectivity index is 0.000000233. The molecule has 0 unspecified atom stereocenters. The second kappa shape index (κ2) is 18.7. The number of amides is 2. The molecule has 2 fully saturated rings. The van der Waals surface area contributed by atoms with Crippen LogP contribution in [0.25, 0.3) is 0 Å². The predicted octanol–water partition coefficient (Wildman–Crippen LogP) is 4.85. The van der Waals surface area contributed by atoms with Crippen molar-refractivity contribution >= 4 is 22.0 Å². The van der Waals surface area contributed by atoms with E-state index in [9.17, 15) is 35.6 Å². The second-order valence-corrected chi connectivity index (χ2v) is 15.2. The molecule has 0 radical (unpaired) electrons. The number of aromatic nitrogens is 1. The molecule has 2 aromatic carbocycles. The summed E-state index contributed by atoms with van der Waals surface area (Å²) in [5.74, 6) is -4.79. The number of hydrogen-bond acceptors (Lipinski definition) is 6.